The highest BCUT2D eigenvalue weighted by Gasteiger charge is 2.12. The van der Waals surface area contributed by atoms with Gasteiger partial charge in [0.1, 0.15) is 24.3 Å². The Hall–Kier alpha value is -2.36. The highest BCUT2D eigenvalue weighted by molar-refractivity contribution is 9.11. The fraction of sp³-hybridized carbons (Fsp3) is 0.0526. The van der Waals surface area contributed by atoms with Crippen LogP contribution in [0, 0.1) is 11.3 Å². The maximum Gasteiger partial charge on any atom is 0.149 e. The molecular formula is C19H13Br2N3O. The number of imidazole rings is 1. The zero-order valence-corrected chi connectivity index (χ0v) is 16.3. The first-order chi connectivity index (χ1) is 12.1. The molecule has 0 radical (unpaired) electrons. The molecule has 3 rings (SSSR count). The van der Waals surface area contributed by atoms with E-state index in [9.17, 15) is 5.26 Å². The van der Waals surface area contributed by atoms with Crippen molar-refractivity contribution in [1.82, 2.24) is 9.97 Å². The minimum atomic E-state index is 0.369. The first-order valence-corrected chi connectivity index (χ1v) is 9.00. The highest BCUT2D eigenvalue weighted by Crippen LogP contribution is 2.35. The van der Waals surface area contributed by atoms with Crippen LogP contribution in [0.2, 0.25) is 0 Å². The molecule has 1 aromatic heterocycles. The summed E-state index contributed by atoms with van der Waals surface area (Å²) in [5.74, 6) is 1.17. The quantitative estimate of drug-likeness (QED) is 0.393. The van der Waals surface area contributed by atoms with Gasteiger partial charge >= 0.3 is 0 Å². The fourth-order valence-corrected chi connectivity index (χ4v) is 3.74. The van der Waals surface area contributed by atoms with Gasteiger partial charge in [-0.1, -0.05) is 40.7 Å². The molecule has 0 fully saturated rings. The maximum atomic E-state index is 9.61. The molecule has 4 nitrogen and oxygen atoms in total. The lowest BCUT2D eigenvalue weighted by Gasteiger charge is -2.11. The van der Waals surface area contributed by atoms with Crippen molar-refractivity contribution >= 4 is 54.5 Å². The van der Waals surface area contributed by atoms with Crippen LogP contribution in [-0.4, -0.2) is 16.6 Å². The van der Waals surface area contributed by atoms with Gasteiger partial charge in [0.05, 0.1) is 21.1 Å². The van der Waals surface area contributed by atoms with Crippen LogP contribution in [0.5, 0.6) is 5.75 Å². The van der Waals surface area contributed by atoms with E-state index >= 15 is 0 Å². The Bertz CT molecular complexity index is 982. The average Bonchev–Trinajstić information content (AvgIpc) is 3.02. The summed E-state index contributed by atoms with van der Waals surface area (Å²) in [6.07, 6.45) is 3.43. The van der Waals surface area contributed by atoms with Gasteiger partial charge in [0.2, 0.25) is 0 Å². The summed E-state index contributed by atoms with van der Waals surface area (Å²) in [6.45, 7) is 4.04. The number of ether oxygens (including phenoxy) is 1. The maximum absolute atomic E-state index is 9.61. The SMILES string of the molecule is C=CCOc1c(Br)cc(Br)cc1/C=C(\C#N)c1nc2ccccc2[nH]1. The number of rotatable bonds is 5. The van der Waals surface area contributed by atoms with Crippen molar-refractivity contribution in [2.75, 3.05) is 6.61 Å². The number of aromatic amines is 1. The summed E-state index contributed by atoms with van der Waals surface area (Å²) in [5.41, 5.74) is 2.89. The van der Waals surface area contributed by atoms with E-state index in [4.69, 9.17) is 4.74 Å². The van der Waals surface area contributed by atoms with E-state index in [0.29, 0.717) is 23.8 Å². The van der Waals surface area contributed by atoms with Crippen molar-refractivity contribution < 1.29 is 4.74 Å². The molecule has 6 heteroatoms. The normalized spacial score (nSPS) is 11.3. The molecule has 0 aliphatic heterocycles. The first kappa shape index (κ1) is 17.5. The number of halogens is 2. The third-order valence-electron chi connectivity index (χ3n) is 3.45. The Morgan fingerprint density at radius 1 is 1.32 bits per heavy atom. The van der Waals surface area contributed by atoms with E-state index in [-0.39, 0.29) is 0 Å². The third-order valence-corrected chi connectivity index (χ3v) is 4.49. The van der Waals surface area contributed by atoms with Gasteiger partial charge in [-0.25, -0.2) is 4.98 Å². The number of para-hydroxylation sites is 2. The zero-order valence-electron chi connectivity index (χ0n) is 13.1. The number of nitrogens with one attached hydrogen (secondary N) is 1. The predicted molar refractivity (Wildman–Crippen MR) is 107 cm³/mol. The molecule has 0 aliphatic carbocycles. The number of hydrogen-bond acceptors (Lipinski definition) is 3. The third kappa shape index (κ3) is 3.84. The monoisotopic (exact) mass is 457 g/mol. The van der Waals surface area contributed by atoms with Gasteiger partial charge in [-0.15, -0.1) is 0 Å². The second kappa shape index (κ2) is 7.68. The van der Waals surface area contributed by atoms with Crippen LogP contribution < -0.4 is 4.74 Å². The number of aromatic nitrogens is 2. The molecule has 1 N–H and O–H groups in total. The summed E-state index contributed by atoms with van der Waals surface area (Å²) in [7, 11) is 0. The molecule has 1 heterocycles. The Balaban J connectivity index is 2.10. The topological polar surface area (TPSA) is 61.7 Å². The van der Waals surface area contributed by atoms with Gasteiger partial charge in [0.25, 0.3) is 0 Å². The van der Waals surface area contributed by atoms with Crippen LogP contribution in [0.15, 0.2) is 58.0 Å². The molecule has 0 atom stereocenters. The highest BCUT2D eigenvalue weighted by atomic mass is 79.9. The van der Waals surface area contributed by atoms with E-state index in [0.717, 1.165) is 25.5 Å². The minimum absolute atomic E-state index is 0.369. The molecule has 0 amide bonds. The molecule has 0 bridgehead atoms. The van der Waals surface area contributed by atoms with E-state index in [1.54, 1.807) is 12.2 Å². The second-order valence-electron chi connectivity index (χ2n) is 5.18. The summed E-state index contributed by atoms with van der Waals surface area (Å²) in [5, 5.41) is 9.61. The van der Waals surface area contributed by atoms with Crippen LogP contribution in [0.3, 0.4) is 0 Å². The smallest absolute Gasteiger partial charge is 0.149 e. The molecule has 0 unspecified atom stereocenters. The van der Waals surface area contributed by atoms with Crippen LogP contribution in [0.25, 0.3) is 22.7 Å². The molecule has 2 aromatic carbocycles. The molecule has 0 saturated heterocycles. The fourth-order valence-electron chi connectivity index (χ4n) is 2.37. The van der Waals surface area contributed by atoms with Crippen LogP contribution in [-0.2, 0) is 0 Å². The molecule has 0 saturated carbocycles. The second-order valence-corrected chi connectivity index (χ2v) is 6.95. The zero-order chi connectivity index (χ0) is 17.8. The average molecular weight is 459 g/mol. The van der Waals surface area contributed by atoms with Crippen molar-refractivity contribution in [2.24, 2.45) is 0 Å². The van der Waals surface area contributed by atoms with Crippen molar-refractivity contribution in [3.63, 3.8) is 0 Å². The Morgan fingerprint density at radius 3 is 2.84 bits per heavy atom. The summed E-state index contributed by atoms with van der Waals surface area (Å²) < 4.78 is 7.40. The number of hydrogen-bond donors (Lipinski definition) is 1. The lowest BCUT2D eigenvalue weighted by Crippen LogP contribution is -1.97. The molecule has 124 valence electrons. The number of allylic oxidation sites excluding steroid dienone is 1. The minimum Gasteiger partial charge on any atom is -0.488 e. The Morgan fingerprint density at radius 2 is 2.12 bits per heavy atom. The van der Waals surface area contributed by atoms with Gasteiger partial charge in [-0.05, 0) is 46.3 Å². The number of benzene rings is 2. The van der Waals surface area contributed by atoms with Gasteiger partial charge in [0.15, 0.2) is 0 Å². The number of fused-ring (bicyclic) bond motifs is 1. The number of H-pyrrole nitrogens is 1. The molecule has 25 heavy (non-hydrogen) atoms. The summed E-state index contributed by atoms with van der Waals surface area (Å²) in [4.78, 5) is 7.67. The molecule has 0 aliphatic rings. The van der Waals surface area contributed by atoms with Gasteiger partial charge in [-0.3, -0.25) is 0 Å². The van der Waals surface area contributed by atoms with Gasteiger partial charge in [-0.2, -0.15) is 5.26 Å². The van der Waals surface area contributed by atoms with Crippen molar-refractivity contribution in [1.29, 1.82) is 5.26 Å². The molecule has 0 spiro atoms. The Labute approximate surface area is 162 Å². The van der Waals surface area contributed by atoms with Crippen molar-refractivity contribution in [3.05, 3.63) is 69.4 Å². The number of nitrogens with zero attached hydrogens (tertiary/aromatic N) is 2. The number of nitriles is 1. The van der Waals surface area contributed by atoms with Crippen LogP contribution in [0.1, 0.15) is 11.4 Å². The lowest BCUT2D eigenvalue weighted by molar-refractivity contribution is 0.360. The van der Waals surface area contributed by atoms with E-state index in [1.165, 1.54) is 0 Å². The van der Waals surface area contributed by atoms with Gasteiger partial charge in [0, 0.05) is 10.0 Å². The van der Waals surface area contributed by atoms with E-state index in [1.807, 2.05) is 36.4 Å². The lowest BCUT2D eigenvalue weighted by atomic mass is 10.1. The van der Waals surface area contributed by atoms with Crippen molar-refractivity contribution in [3.8, 4) is 11.8 Å². The molecular weight excluding hydrogens is 446 g/mol. The van der Waals surface area contributed by atoms with Crippen LogP contribution in [0.4, 0.5) is 0 Å². The van der Waals surface area contributed by atoms with E-state index in [2.05, 4.69) is 54.5 Å². The van der Waals surface area contributed by atoms with E-state index < -0.39 is 0 Å². The largest absolute Gasteiger partial charge is 0.488 e. The standard InChI is InChI=1S/C19H13Br2N3O/c1-2-7-25-18-12(9-14(20)10-15(18)21)8-13(11-22)19-23-16-5-3-4-6-17(16)24-19/h2-6,8-10H,1,7H2,(H,23,24)/b13-8+. The molecule has 3 aromatic rings. The summed E-state index contributed by atoms with van der Waals surface area (Å²) >= 11 is 6.97. The Kier molecular flexibility index (Phi) is 5.37. The van der Waals surface area contributed by atoms with Crippen LogP contribution >= 0.6 is 31.9 Å². The van der Waals surface area contributed by atoms with Crippen molar-refractivity contribution in [2.45, 2.75) is 0 Å². The summed E-state index contributed by atoms with van der Waals surface area (Å²) in [6, 6.07) is 13.7. The predicted octanol–water partition coefficient (Wildman–Crippen LogP) is 5.72. The van der Waals surface area contributed by atoms with Gasteiger partial charge < -0.3 is 9.72 Å². The first-order valence-electron chi connectivity index (χ1n) is 7.42.